The molecule has 1 aromatic carbocycles. The molecule has 5 heteroatoms. The molecule has 0 saturated carbocycles. The summed E-state index contributed by atoms with van der Waals surface area (Å²) < 4.78 is 11.0. The summed E-state index contributed by atoms with van der Waals surface area (Å²) in [6.45, 7) is 1.45. The maximum atomic E-state index is 11.5. The third-order valence-corrected chi connectivity index (χ3v) is 2.83. The van der Waals surface area contributed by atoms with E-state index in [1.807, 2.05) is 12.1 Å². The fourth-order valence-electron chi connectivity index (χ4n) is 1.92. The van der Waals surface area contributed by atoms with Crippen molar-refractivity contribution >= 4 is 17.3 Å². The summed E-state index contributed by atoms with van der Waals surface area (Å²) in [6, 6.07) is 3.72. The summed E-state index contributed by atoms with van der Waals surface area (Å²) in [5.74, 6) is 1.48. The van der Waals surface area contributed by atoms with E-state index in [0.717, 1.165) is 17.1 Å². The van der Waals surface area contributed by atoms with Crippen molar-refractivity contribution in [2.45, 2.75) is 0 Å². The van der Waals surface area contributed by atoms with E-state index in [2.05, 4.69) is 5.32 Å². The number of likely N-dealkylation sites (N-methyl/N-ethyl adjacent to an activating group) is 1. The molecule has 1 amide bonds. The second-order valence-corrected chi connectivity index (χ2v) is 3.82. The predicted molar refractivity (Wildman–Crippen MR) is 59.3 cm³/mol. The number of anilines is 2. The molecule has 0 bridgehead atoms. The number of nitrogens with zero attached hydrogens (tertiary/aromatic N) is 1. The van der Waals surface area contributed by atoms with E-state index in [-0.39, 0.29) is 5.91 Å². The SMILES string of the molecule is CN1C(=O)CNc2cc3c(cc21)OCCO3. The van der Waals surface area contributed by atoms with Crippen molar-refractivity contribution in [1.29, 1.82) is 0 Å². The molecular weight excluding hydrogens is 208 g/mol. The van der Waals surface area contributed by atoms with Crippen molar-refractivity contribution in [2.24, 2.45) is 0 Å². The summed E-state index contributed by atoms with van der Waals surface area (Å²) in [5.41, 5.74) is 1.74. The van der Waals surface area contributed by atoms with Crippen LogP contribution < -0.4 is 19.7 Å². The first-order valence-electron chi connectivity index (χ1n) is 5.20. The molecule has 3 rings (SSSR count). The highest BCUT2D eigenvalue weighted by molar-refractivity contribution is 6.02. The smallest absolute Gasteiger partial charge is 0.246 e. The summed E-state index contributed by atoms with van der Waals surface area (Å²) >= 11 is 0. The van der Waals surface area contributed by atoms with Crippen LogP contribution in [-0.4, -0.2) is 32.7 Å². The Hall–Kier alpha value is -1.91. The lowest BCUT2D eigenvalue weighted by atomic mass is 10.1. The molecule has 0 fully saturated rings. The number of rotatable bonds is 0. The minimum Gasteiger partial charge on any atom is -0.486 e. The number of fused-ring (bicyclic) bond motifs is 2. The van der Waals surface area contributed by atoms with Crippen LogP contribution in [0.4, 0.5) is 11.4 Å². The second-order valence-electron chi connectivity index (χ2n) is 3.82. The summed E-state index contributed by atoms with van der Waals surface area (Å²) in [6.07, 6.45) is 0. The Morgan fingerprint density at radius 2 is 1.94 bits per heavy atom. The van der Waals surface area contributed by atoms with E-state index in [0.29, 0.717) is 25.5 Å². The van der Waals surface area contributed by atoms with Gasteiger partial charge in [0.2, 0.25) is 5.91 Å². The molecule has 5 nitrogen and oxygen atoms in total. The van der Waals surface area contributed by atoms with Crippen molar-refractivity contribution in [1.82, 2.24) is 0 Å². The van der Waals surface area contributed by atoms with Crippen LogP contribution in [0.25, 0.3) is 0 Å². The van der Waals surface area contributed by atoms with Crippen LogP contribution in [0, 0.1) is 0 Å². The first-order chi connectivity index (χ1) is 7.75. The van der Waals surface area contributed by atoms with Gasteiger partial charge >= 0.3 is 0 Å². The first kappa shape index (κ1) is 9.33. The average Bonchev–Trinajstić information content (AvgIpc) is 2.32. The van der Waals surface area contributed by atoms with E-state index in [9.17, 15) is 4.79 Å². The second kappa shape index (κ2) is 3.30. The molecule has 0 saturated heterocycles. The van der Waals surface area contributed by atoms with Gasteiger partial charge in [0, 0.05) is 19.2 Å². The number of carbonyl (C=O) groups is 1. The van der Waals surface area contributed by atoms with Crippen molar-refractivity contribution in [3.8, 4) is 11.5 Å². The average molecular weight is 220 g/mol. The number of carbonyl (C=O) groups excluding carboxylic acids is 1. The summed E-state index contributed by atoms with van der Waals surface area (Å²) in [5, 5.41) is 3.07. The lowest BCUT2D eigenvalue weighted by Gasteiger charge is -2.29. The van der Waals surface area contributed by atoms with E-state index in [4.69, 9.17) is 9.47 Å². The number of ether oxygens (including phenoxy) is 2. The molecular formula is C11H12N2O3. The van der Waals surface area contributed by atoms with Gasteiger partial charge < -0.3 is 19.7 Å². The topological polar surface area (TPSA) is 50.8 Å². The largest absolute Gasteiger partial charge is 0.486 e. The number of hydrogen-bond acceptors (Lipinski definition) is 4. The maximum Gasteiger partial charge on any atom is 0.246 e. The molecule has 0 radical (unpaired) electrons. The van der Waals surface area contributed by atoms with E-state index in [1.54, 1.807) is 11.9 Å². The molecule has 2 aliphatic rings. The molecule has 1 aromatic rings. The third kappa shape index (κ3) is 1.28. The predicted octanol–water partition coefficient (Wildman–Crippen LogP) is 0.846. The van der Waals surface area contributed by atoms with Gasteiger partial charge in [0.25, 0.3) is 0 Å². The van der Waals surface area contributed by atoms with Gasteiger partial charge in [0.1, 0.15) is 13.2 Å². The lowest BCUT2D eigenvalue weighted by Crippen LogP contribution is -2.36. The van der Waals surface area contributed by atoms with Crippen molar-refractivity contribution in [3.05, 3.63) is 12.1 Å². The zero-order valence-electron chi connectivity index (χ0n) is 8.95. The number of hydrogen-bond donors (Lipinski definition) is 1. The van der Waals surface area contributed by atoms with Gasteiger partial charge in [-0.1, -0.05) is 0 Å². The van der Waals surface area contributed by atoms with Crippen molar-refractivity contribution in [3.63, 3.8) is 0 Å². The highest BCUT2D eigenvalue weighted by Crippen LogP contribution is 2.40. The fourth-order valence-corrected chi connectivity index (χ4v) is 1.92. The van der Waals surface area contributed by atoms with Gasteiger partial charge in [-0.15, -0.1) is 0 Å². The molecule has 16 heavy (non-hydrogen) atoms. The molecule has 0 unspecified atom stereocenters. The minimum absolute atomic E-state index is 0.0455. The van der Waals surface area contributed by atoms with Gasteiger partial charge in [0.15, 0.2) is 11.5 Å². The third-order valence-electron chi connectivity index (χ3n) is 2.83. The molecule has 2 aliphatic heterocycles. The highest BCUT2D eigenvalue weighted by Gasteiger charge is 2.24. The van der Waals surface area contributed by atoms with Crippen LogP contribution in [0.15, 0.2) is 12.1 Å². The van der Waals surface area contributed by atoms with Crippen LogP contribution in [0.2, 0.25) is 0 Å². The Labute approximate surface area is 92.9 Å². The van der Waals surface area contributed by atoms with Gasteiger partial charge in [0.05, 0.1) is 17.9 Å². The van der Waals surface area contributed by atoms with Gasteiger partial charge in [-0.05, 0) is 0 Å². The first-order valence-corrected chi connectivity index (χ1v) is 5.20. The highest BCUT2D eigenvalue weighted by atomic mass is 16.6. The zero-order chi connectivity index (χ0) is 11.1. The Balaban J connectivity index is 2.10. The Bertz CT molecular complexity index is 459. The normalized spacial score (nSPS) is 17.8. The fraction of sp³-hybridized carbons (Fsp3) is 0.364. The lowest BCUT2D eigenvalue weighted by molar-refractivity contribution is -0.116. The Kier molecular flexibility index (Phi) is 1.92. The maximum absolute atomic E-state index is 11.5. The quantitative estimate of drug-likeness (QED) is 0.704. The van der Waals surface area contributed by atoms with E-state index < -0.39 is 0 Å². The van der Waals surface area contributed by atoms with Crippen LogP contribution in [-0.2, 0) is 4.79 Å². The van der Waals surface area contributed by atoms with Crippen LogP contribution in [0.3, 0.4) is 0 Å². The van der Waals surface area contributed by atoms with Gasteiger partial charge in [-0.2, -0.15) is 0 Å². The van der Waals surface area contributed by atoms with Crippen LogP contribution in [0.5, 0.6) is 11.5 Å². The molecule has 84 valence electrons. The Morgan fingerprint density at radius 1 is 1.25 bits per heavy atom. The van der Waals surface area contributed by atoms with Crippen LogP contribution >= 0.6 is 0 Å². The molecule has 0 spiro atoms. The van der Waals surface area contributed by atoms with Gasteiger partial charge in [-0.3, -0.25) is 4.79 Å². The number of benzene rings is 1. The molecule has 0 aliphatic carbocycles. The summed E-state index contributed by atoms with van der Waals surface area (Å²) in [4.78, 5) is 13.1. The molecule has 2 heterocycles. The molecule has 0 aromatic heterocycles. The van der Waals surface area contributed by atoms with E-state index in [1.165, 1.54) is 0 Å². The number of amides is 1. The number of nitrogens with one attached hydrogen (secondary N) is 1. The molecule has 1 N–H and O–H groups in total. The van der Waals surface area contributed by atoms with Crippen molar-refractivity contribution < 1.29 is 14.3 Å². The standard InChI is InChI=1S/C11H12N2O3/c1-13-8-5-10-9(15-2-3-16-10)4-7(8)12-6-11(13)14/h4-5,12H,2-3,6H2,1H3. The monoisotopic (exact) mass is 220 g/mol. The van der Waals surface area contributed by atoms with Crippen molar-refractivity contribution in [2.75, 3.05) is 37.0 Å². The van der Waals surface area contributed by atoms with Crippen LogP contribution in [0.1, 0.15) is 0 Å². The Morgan fingerprint density at radius 3 is 2.69 bits per heavy atom. The summed E-state index contributed by atoms with van der Waals surface area (Å²) in [7, 11) is 1.76. The van der Waals surface area contributed by atoms with Gasteiger partial charge in [-0.25, -0.2) is 0 Å². The molecule has 0 atom stereocenters. The van der Waals surface area contributed by atoms with E-state index >= 15 is 0 Å². The zero-order valence-corrected chi connectivity index (χ0v) is 8.95. The minimum atomic E-state index is 0.0455.